The van der Waals surface area contributed by atoms with Gasteiger partial charge in [0, 0.05) is 34.6 Å². The van der Waals surface area contributed by atoms with E-state index in [1.165, 1.54) is 34.6 Å². The molecular weight excluding hydrogens is 632 g/mol. The minimum atomic E-state index is -2.40. The molecule has 17 heteroatoms. The van der Waals surface area contributed by atoms with E-state index in [1.807, 2.05) is 39.3 Å². The van der Waals surface area contributed by atoms with Crippen molar-refractivity contribution in [3.8, 4) is 0 Å². The zero-order valence-corrected chi connectivity index (χ0v) is 29.9. The third-order valence-corrected chi connectivity index (χ3v) is 8.17. The lowest BCUT2D eigenvalue weighted by Gasteiger charge is -2.50. The van der Waals surface area contributed by atoms with Crippen LogP contribution in [-0.4, -0.2) is 121 Å². The molecule has 0 spiro atoms. The Morgan fingerprint density at radius 2 is 1.04 bits per heavy atom. The van der Waals surface area contributed by atoms with E-state index in [9.17, 15) is 24.0 Å². The van der Waals surface area contributed by atoms with Gasteiger partial charge in [-0.25, -0.2) is 0 Å². The van der Waals surface area contributed by atoms with Crippen LogP contribution in [0.25, 0.3) is 0 Å². The highest BCUT2D eigenvalue weighted by Gasteiger charge is 2.55. The first-order valence-corrected chi connectivity index (χ1v) is 21.5. The van der Waals surface area contributed by atoms with Crippen molar-refractivity contribution in [1.29, 1.82) is 0 Å². The molecule has 2 rings (SSSR count). The molecule has 0 aliphatic carbocycles. The summed E-state index contributed by atoms with van der Waals surface area (Å²) in [6.45, 7) is 17.0. The lowest BCUT2D eigenvalue weighted by molar-refractivity contribution is -0.335. The zero-order chi connectivity index (χ0) is 34.3. The summed E-state index contributed by atoms with van der Waals surface area (Å²) >= 11 is 0. The van der Waals surface area contributed by atoms with Crippen LogP contribution in [-0.2, 0) is 70.7 Å². The number of rotatable bonds is 13. The van der Waals surface area contributed by atoms with Crippen molar-refractivity contribution >= 4 is 46.5 Å². The molecule has 0 bridgehead atoms. The molecule has 0 amide bonds. The molecule has 0 aromatic rings. The van der Waals surface area contributed by atoms with E-state index >= 15 is 0 Å². The fourth-order valence-corrected chi connectivity index (χ4v) is 7.06. The summed E-state index contributed by atoms with van der Waals surface area (Å²) < 4.78 is 59.0. The molecule has 9 atom stereocenters. The SMILES string of the molecule is CC(=O)OCC1O[C@@H](O[C@@H]2C(COC(C)=O)OCC(OC(C)=O)C2OC(C)=O)C(OC(C)=O)C(O[Si](C)(C)C)C1O[Si](C)(C)C. The van der Waals surface area contributed by atoms with Crippen LogP contribution < -0.4 is 0 Å². The molecule has 0 N–H and O–H groups in total. The van der Waals surface area contributed by atoms with Gasteiger partial charge in [-0.1, -0.05) is 0 Å². The number of hydrogen-bond acceptors (Lipinski definition) is 15. The maximum absolute atomic E-state index is 12.5. The Balaban J connectivity index is 2.67. The molecule has 0 aromatic carbocycles. The molecule has 258 valence electrons. The van der Waals surface area contributed by atoms with Gasteiger partial charge in [-0.2, -0.15) is 0 Å². The minimum absolute atomic E-state index is 0.204. The first-order valence-electron chi connectivity index (χ1n) is 14.7. The fraction of sp³-hybridized carbons (Fsp3) is 0.821. The van der Waals surface area contributed by atoms with Crippen LogP contribution >= 0.6 is 0 Å². The van der Waals surface area contributed by atoms with E-state index in [-0.39, 0.29) is 19.8 Å². The topological polar surface area (TPSA) is 178 Å². The second kappa shape index (κ2) is 16.4. The number of carbonyl (C=O) groups is 5. The van der Waals surface area contributed by atoms with Crippen LogP contribution in [0.5, 0.6) is 0 Å². The van der Waals surface area contributed by atoms with Gasteiger partial charge in [0.1, 0.15) is 43.7 Å². The summed E-state index contributed by atoms with van der Waals surface area (Å²) in [6, 6.07) is 0. The smallest absolute Gasteiger partial charge is 0.303 e. The van der Waals surface area contributed by atoms with Crippen molar-refractivity contribution in [2.75, 3.05) is 19.8 Å². The summed E-state index contributed by atoms with van der Waals surface area (Å²) in [5, 5.41) is 0. The van der Waals surface area contributed by atoms with E-state index in [4.69, 9.17) is 46.7 Å². The van der Waals surface area contributed by atoms with Gasteiger partial charge >= 0.3 is 29.8 Å². The minimum Gasteiger partial charge on any atom is -0.463 e. The van der Waals surface area contributed by atoms with Crippen molar-refractivity contribution in [2.45, 2.75) is 129 Å². The van der Waals surface area contributed by atoms with E-state index in [2.05, 4.69) is 0 Å². The quantitative estimate of drug-likeness (QED) is 0.156. The van der Waals surface area contributed by atoms with E-state index in [1.54, 1.807) is 0 Å². The zero-order valence-electron chi connectivity index (χ0n) is 27.9. The van der Waals surface area contributed by atoms with Gasteiger partial charge in [0.25, 0.3) is 0 Å². The lowest BCUT2D eigenvalue weighted by Crippen LogP contribution is -2.67. The van der Waals surface area contributed by atoms with Crippen molar-refractivity contribution in [1.82, 2.24) is 0 Å². The third kappa shape index (κ3) is 13.1. The monoisotopic (exact) mass is 680 g/mol. The van der Waals surface area contributed by atoms with Gasteiger partial charge < -0.3 is 46.7 Å². The number of ether oxygens (including phenoxy) is 8. The predicted octanol–water partition coefficient (Wildman–Crippen LogP) is 1.86. The molecule has 0 radical (unpaired) electrons. The Kier molecular flexibility index (Phi) is 14.1. The summed E-state index contributed by atoms with van der Waals surface area (Å²) in [5.41, 5.74) is 0. The summed E-state index contributed by atoms with van der Waals surface area (Å²) in [5.74, 6) is -3.21. The number of hydrogen-bond donors (Lipinski definition) is 0. The molecule has 2 saturated heterocycles. The first kappa shape index (κ1) is 38.8. The van der Waals surface area contributed by atoms with E-state index in [0.717, 1.165) is 0 Å². The molecule has 0 aromatic heterocycles. The normalized spacial score (nSPS) is 30.5. The largest absolute Gasteiger partial charge is 0.463 e. The number of esters is 5. The van der Waals surface area contributed by atoms with Gasteiger partial charge in [0.15, 0.2) is 41.2 Å². The lowest BCUT2D eigenvalue weighted by atomic mass is 9.97. The van der Waals surface area contributed by atoms with E-state index in [0.29, 0.717) is 0 Å². The standard InChI is InChI=1S/C28H48O15Si2/c1-15(29)34-12-20-23(24(38-18(4)32)21(14-36-20)37-17(3)31)41-28-27(39-19(5)33)26(43-45(9,10)11)25(42-44(6,7)8)22(40-28)13-35-16(2)30/h20-28H,12-14H2,1-11H3/t20?,21?,22?,23-,24?,25?,26?,27?,28+/m1/s1. The summed E-state index contributed by atoms with van der Waals surface area (Å²) in [7, 11) is -4.72. The average Bonchev–Trinajstić information content (AvgIpc) is 2.85. The Morgan fingerprint density at radius 3 is 1.51 bits per heavy atom. The van der Waals surface area contributed by atoms with Gasteiger partial charge in [-0.15, -0.1) is 0 Å². The van der Waals surface area contributed by atoms with Crippen LogP contribution in [0.4, 0.5) is 0 Å². The predicted molar refractivity (Wildman–Crippen MR) is 160 cm³/mol. The molecule has 2 aliphatic heterocycles. The van der Waals surface area contributed by atoms with Crippen molar-refractivity contribution in [3.63, 3.8) is 0 Å². The van der Waals surface area contributed by atoms with Gasteiger partial charge in [0.05, 0.1) is 6.61 Å². The molecule has 45 heavy (non-hydrogen) atoms. The summed E-state index contributed by atoms with van der Waals surface area (Å²) in [6.07, 6.45) is -10.1. The Bertz CT molecular complexity index is 1060. The molecule has 0 saturated carbocycles. The van der Waals surface area contributed by atoms with Crippen LogP contribution in [0.15, 0.2) is 0 Å². The molecule has 2 heterocycles. The van der Waals surface area contributed by atoms with Crippen molar-refractivity contribution in [2.24, 2.45) is 0 Å². The number of carbonyl (C=O) groups excluding carboxylic acids is 5. The molecule has 7 unspecified atom stereocenters. The van der Waals surface area contributed by atoms with E-state index < -0.39 is 102 Å². The maximum Gasteiger partial charge on any atom is 0.303 e. The van der Waals surface area contributed by atoms with Crippen LogP contribution in [0, 0.1) is 0 Å². The van der Waals surface area contributed by atoms with Crippen molar-refractivity contribution in [3.05, 3.63) is 0 Å². The van der Waals surface area contributed by atoms with Crippen LogP contribution in [0.3, 0.4) is 0 Å². The Hall–Kier alpha value is -2.42. The average molecular weight is 681 g/mol. The van der Waals surface area contributed by atoms with Crippen molar-refractivity contribution < 1.29 is 70.7 Å². The molecular formula is C28H48O15Si2. The fourth-order valence-electron chi connectivity index (χ4n) is 4.87. The van der Waals surface area contributed by atoms with Gasteiger partial charge in [-0.3, -0.25) is 24.0 Å². The second-order valence-corrected chi connectivity index (χ2v) is 21.7. The molecule has 2 fully saturated rings. The molecule has 15 nitrogen and oxygen atoms in total. The van der Waals surface area contributed by atoms with Crippen LogP contribution in [0.2, 0.25) is 39.3 Å². The van der Waals surface area contributed by atoms with Gasteiger partial charge in [0.2, 0.25) is 0 Å². The molecule has 2 aliphatic rings. The first-order chi connectivity index (χ1) is 20.7. The highest BCUT2D eigenvalue weighted by atomic mass is 28.4. The Morgan fingerprint density at radius 1 is 0.578 bits per heavy atom. The third-order valence-electron chi connectivity index (χ3n) is 6.22. The van der Waals surface area contributed by atoms with Crippen LogP contribution in [0.1, 0.15) is 34.6 Å². The summed E-state index contributed by atoms with van der Waals surface area (Å²) in [4.78, 5) is 60.2. The Labute approximate surface area is 266 Å². The highest BCUT2D eigenvalue weighted by Crippen LogP contribution is 2.35. The second-order valence-electron chi connectivity index (χ2n) is 12.8. The van der Waals surface area contributed by atoms with Gasteiger partial charge in [-0.05, 0) is 39.3 Å². The highest BCUT2D eigenvalue weighted by molar-refractivity contribution is 6.70. The maximum atomic E-state index is 12.5.